The molecule has 1 amide bonds. The number of likely N-dealkylation sites (tertiary alicyclic amines) is 1. The maximum Gasteiger partial charge on any atom is 0.287 e. The van der Waals surface area contributed by atoms with E-state index in [1.54, 1.807) is 13.4 Å². The molecule has 0 atom stereocenters. The summed E-state index contributed by atoms with van der Waals surface area (Å²) in [6.07, 6.45) is 3.81. The minimum absolute atomic E-state index is 0.102. The minimum Gasteiger partial charge on any atom is -0.459 e. The van der Waals surface area contributed by atoms with Gasteiger partial charge in [0.05, 0.1) is 12.9 Å². The van der Waals surface area contributed by atoms with Crippen molar-refractivity contribution in [2.75, 3.05) is 39.9 Å². The molecule has 1 aliphatic rings. The number of hydrogen-bond acceptors (Lipinski definition) is 4. The van der Waals surface area contributed by atoms with Crippen LogP contribution in [0.1, 0.15) is 29.0 Å². The molecule has 112 valence electrons. The first-order valence-electron chi connectivity index (χ1n) is 7.24. The van der Waals surface area contributed by atoms with Crippen LogP contribution in [0, 0.1) is 12.8 Å². The molecular weight excluding hydrogens is 256 g/mol. The van der Waals surface area contributed by atoms with Crippen LogP contribution in [0.3, 0.4) is 0 Å². The zero-order valence-electron chi connectivity index (χ0n) is 12.4. The smallest absolute Gasteiger partial charge is 0.287 e. The van der Waals surface area contributed by atoms with Gasteiger partial charge >= 0.3 is 0 Å². The van der Waals surface area contributed by atoms with Crippen molar-refractivity contribution in [2.45, 2.75) is 19.8 Å². The first kappa shape index (κ1) is 15.1. The Morgan fingerprint density at radius 2 is 2.25 bits per heavy atom. The Bertz CT molecular complexity index is 423. The molecule has 0 radical (unpaired) electrons. The summed E-state index contributed by atoms with van der Waals surface area (Å²) in [4.78, 5) is 14.4. The predicted molar refractivity (Wildman–Crippen MR) is 76.8 cm³/mol. The van der Waals surface area contributed by atoms with Crippen molar-refractivity contribution in [3.63, 3.8) is 0 Å². The summed E-state index contributed by atoms with van der Waals surface area (Å²) in [6, 6.07) is 1.81. The fraction of sp³-hybridized carbons (Fsp3) is 0.667. The standard InChI is InChI=1S/C15H24N2O3/c1-12-5-9-20-14(12)15(18)16-11-13-3-6-17(7-4-13)8-10-19-2/h5,9,13H,3-4,6-8,10-11H2,1-2H3,(H,16,18). The molecule has 5 nitrogen and oxygen atoms in total. The fourth-order valence-corrected chi connectivity index (χ4v) is 2.56. The molecule has 2 rings (SSSR count). The second kappa shape index (κ2) is 7.45. The van der Waals surface area contributed by atoms with Gasteiger partial charge in [0.2, 0.25) is 0 Å². The molecular formula is C15H24N2O3. The number of rotatable bonds is 6. The third-order valence-corrected chi connectivity index (χ3v) is 3.94. The molecule has 1 aliphatic heterocycles. The van der Waals surface area contributed by atoms with Crippen molar-refractivity contribution in [1.82, 2.24) is 10.2 Å². The Kier molecular flexibility index (Phi) is 5.61. The summed E-state index contributed by atoms with van der Waals surface area (Å²) in [7, 11) is 1.74. The maximum absolute atomic E-state index is 11.9. The van der Waals surface area contributed by atoms with Crippen LogP contribution in [0.15, 0.2) is 16.7 Å². The Hall–Kier alpha value is -1.33. The third kappa shape index (κ3) is 4.08. The van der Waals surface area contributed by atoms with Gasteiger partial charge in [-0.25, -0.2) is 0 Å². The molecule has 0 saturated carbocycles. The van der Waals surface area contributed by atoms with E-state index in [2.05, 4.69) is 10.2 Å². The Labute approximate surface area is 120 Å². The van der Waals surface area contributed by atoms with Gasteiger partial charge in [-0.05, 0) is 44.8 Å². The molecule has 1 aromatic heterocycles. The lowest BCUT2D eigenvalue weighted by Gasteiger charge is -2.31. The summed E-state index contributed by atoms with van der Waals surface area (Å²) < 4.78 is 10.3. The second-order valence-corrected chi connectivity index (χ2v) is 5.42. The number of nitrogens with zero attached hydrogens (tertiary/aromatic N) is 1. The number of amides is 1. The second-order valence-electron chi connectivity index (χ2n) is 5.42. The van der Waals surface area contributed by atoms with E-state index in [0.717, 1.165) is 51.2 Å². The molecule has 0 spiro atoms. The number of methoxy groups -OCH3 is 1. The molecule has 0 unspecified atom stereocenters. The quantitative estimate of drug-likeness (QED) is 0.861. The van der Waals surface area contributed by atoms with E-state index in [9.17, 15) is 4.79 Å². The van der Waals surface area contributed by atoms with Gasteiger partial charge in [-0.2, -0.15) is 0 Å². The van der Waals surface area contributed by atoms with E-state index in [-0.39, 0.29) is 5.91 Å². The molecule has 1 fully saturated rings. The lowest BCUT2D eigenvalue weighted by Crippen LogP contribution is -2.39. The van der Waals surface area contributed by atoms with E-state index in [0.29, 0.717) is 11.7 Å². The lowest BCUT2D eigenvalue weighted by molar-refractivity contribution is 0.0898. The van der Waals surface area contributed by atoms with Gasteiger partial charge in [0.1, 0.15) is 0 Å². The zero-order valence-corrected chi connectivity index (χ0v) is 12.4. The van der Waals surface area contributed by atoms with Gasteiger partial charge in [-0.15, -0.1) is 0 Å². The lowest BCUT2D eigenvalue weighted by atomic mass is 9.97. The molecule has 0 aromatic carbocycles. The van der Waals surface area contributed by atoms with E-state index >= 15 is 0 Å². The highest BCUT2D eigenvalue weighted by Crippen LogP contribution is 2.16. The van der Waals surface area contributed by atoms with Crippen LogP contribution < -0.4 is 5.32 Å². The van der Waals surface area contributed by atoms with Gasteiger partial charge in [0, 0.05) is 25.8 Å². The molecule has 20 heavy (non-hydrogen) atoms. The molecule has 5 heteroatoms. The number of ether oxygens (including phenoxy) is 1. The van der Waals surface area contributed by atoms with Crippen LogP contribution >= 0.6 is 0 Å². The zero-order chi connectivity index (χ0) is 14.4. The number of hydrogen-bond donors (Lipinski definition) is 1. The largest absolute Gasteiger partial charge is 0.459 e. The topological polar surface area (TPSA) is 54.7 Å². The van der Waals surface area contributed by atoms with Crippen LogP contribution in [-0.4, -0.2) is 50.7 Å². The number of carbonyl (C=O) groups is 1. The molecule has 1 saturated heterocycles. The summed E-state index contributed by atoms with van der Waals surface area (Å²) in [5, 5.41) is 2.98. The highest BCUT2D eigenvalue weighted by atomic mass is 16.5. The average molecular weight is 280 g/mol. The number of furan rings is 1. The van der Waals surface area contributed by atoms with Gasteiger partial charge in [0.15, 0.2) is 5.76 Å². The van der Waals surface area contributed by atoms with Crippen molar-refractivity contribution in [3.8, 4) is 0 Å². The van der Waals surface area contributed by atoms with Crippen molar-refractivity contribution in [1.29, 1.82) is 0 Å². The van der Waals surface area contributed by atoms with E-state index in [1.807, 2.05) is 13.0 Å². The molecule has 1 N–H and O–H groups in total. The van der Waals surface area contributed by atoms with Gasteiger partial charge in [-0.1, -0.05) is 0 Å². The molecule has 0 bridgehead atoms. The van der Waals surface area contributed by atoms with Crippen molar-refractivity contribution >= 4 is 5.91 Å². The average Bonchev–Trinajstić information content (AvgIpc) is 2.90. The normalized spacial score (nSPS) is 17.3. The molecule has 2 heterocycles. The summed E-state index contributed by atoms with van der Waals surface area (Å²) in [5.41, 5.74) is 0.886. The van der Waals surface area contributed by atoms with Crippen molar-refractivity contribution in [2.24, 2.45) is 5.92 Å². The predicted octanol–water partition coefficient (Wildman–Crippen LogP) is 1.68. The van der Waals surface area contributed by atoms with Gasteiger partial charge < -0.3 is 19.4 Å². The first-order valence-corrected chi connectivity index (χ1v) is 7.24. The monoisotopic (exact) mass is 280 g/mol. The number of nitrogens with one attached hydrogen (secondary N) is 1. The van der Waals surface area contributed by atoms with Crippen LogP contribution in [-0.2, 0) is 4.74 Å². The summed E-state index contributed by atoms with van der Waals surface area (Å²) in [5.74, 6) is 0.893. The van der Waals surface area contributed by atoms with E-state index in [1.165, 1.54) is 0 Å². The summed E-state index contributed by atoms with van der Waals surface area (Å²) in [6.45, 7) is 6.58. The summed E-state index contributed by atoms with van der Waals surface area (Å²) >= 11 is 0. The van der Waals surface area contributed by atoms with Gasteiger partial charge in [-0.3, -0.25) is 4.79 Å². The first-order chi connectivity index (χ1) is 9.70. The van der Waals surface area contributed by atoms with Crippen LogP contribution in [0.25, 0.3) is 0 Å². The third-order valence-electron chi connectivity index (χ3n) is 3.94. The maximum atomic E-state index is 11.9. The highest BCUT2D eigenvalue weighted by Gasteiger charge is 2.20. The fourth-order valence-electron chi connectivity index (χ4n) is 2.56. The highest BCUT2D eigenvalue weighted by molar-refractivity contribution is 5.92. The van der Waals surface area contributed by atoms with Gasteiger partial charge in [0.25, 0.3) is 5.91 Å². The van der Waals surface area contributed by atoms with E-state index < -0.39 is 0 Å². The Morgan fingerprint density at radius 3 is 2.85 bits per heavy atom. The number of aryl methyl sites for hydroxylation is 1. The van der Waals surface area contributed by atoms with Crippen LogP contribution in [0.2, 0.25) is 0 Å². The number of piperidine rings is 1. The Balaban J connectivity index is 1.68. The van der Waals surface area contributed by atoms with E-state index in [4.69, 9.17) is 9.15 Å². The SMILES string of the molecule is COCCN1CCC(CNC(=O)c2occc2C)CC1. The van der Waals surface area contributed by atoms with Crippen molar-refractivity contribution in [3.05, 3.63) is 23.7 Å². The molecule has 0 aliphatic carbocycles. The van der Waals surface area contributed by atoms with Crippen LogP contribution in [0.5, 0.6) is 0 Å². The minimum atomic E-state index is -0.102. The van der Waals surface area contributed by atoms with Crippen molar-refractivity contribution < 1.29 is 13.9 Å². The van der Waals surface area contributed by atoms with Crippen LogP contribution in [0.4, 0.5) is 0 Å². The molecule has 1 aromatic rings. The number of carbonyl (C=O) groups excluding carboxylic acids is 1. The Morgan fingerprint density at radius 1 is 1.50 bits per heavy atom.